The van der Waals surface area contributed by atoms with E-state index in [1.54, 1.807) is 18.9 Å². The van der Waals surface area contributed by atoms with Crippen molar-refractivity contribution in [3.63, 3.8) is 0 Å². The molecule has 0 bridgehead atoms. The quantitative estimate of drug-likeness (QED) is 0.270. The maximum atomic E-state index is 13.3. The molecule has 2 aliphatic rings. The van der Waals surface area contributed by atoms with Crippen LogP contribution in [0.15, 0.2) is 54.6 Å². The van der Waals surface area contributed by atoms with Crippen LogP contribution >= 0.6 is 36.4 Å². The Morgan fingerprint density at radius 1 is 1.08 bits per heavy atom. The molecule has 0 unspecified atom stereocenters. The average Bonchev–Trinajstić information content (AvgIpc) is 3.43. The third-order valence-electron chi connectivity index (χ3n) is 7.45. The fraction of sp³-hybridized carbons (Fsp3) is 0.533. The van der Waals surface area contributed by atoms with Crippen LogP contribution in [-0.4, -0.2) is 59.8 Å². The lowest BCUT2D eigenvalue weighted by molar-refractivity contribution is -0.125. The lowest BCUT2D eigenvalue weighted by atomic mass is 9.85. The molecule has 0 radical (unpaired) electrons. The van der Waals surface area contributed by atoms with Gasteiger partial charge < -0.3 is 20.1 Å². The molecule has 1 saturated heterocycles. The largest absolute Gasteiger partial charge is 0.457 e. The number of methoxy groups -OCH3 is 1. The van der Waals surface area contributed by atoms with Crippen LogP contribution in [0.5, 0.6) is 11.5 Å². The number of carbonyl (C=O) groups is 1. The molecule has 4 rings (SSSR count). The number of hydrogen-bond donors (Lipinski definition) is 2. The molecule has 2 aromatic carbocycles. The van der Waals surface area contributed by atoms with Crippen molar-refractivity contribution in [1.82, 2.24) is 15.5 Å². The first-order chi connectivity index (χ1) is 18.6. The van der Waals surface area contributed by atoms with Crippen molar-refractivity contribution in [1.29, 1.82) is 0 Å². The van der Waals surface area contributed by atoms with Crippen molar-refractivity contribution in [2.24, 2.45) is 5.92 Å². The molecule has 1 saturated carbocycles. The van der Waals surface area contributed by atoms with E-state index in [-0.39, 0.29) is 30.4 Å². The molecule has 1 heterocycles. The van der Waals surface area contributed by atoms with Crippen LogP contribution in [0.3, 0.4) is 0 Å². The molecule has 2 atom stereocenters. The summed E-state index contributed by atoms with van der Waals surface area (Å²) in [4.78, 5) is 16.3. The van der Waals surface area contributed by atoms with E-state index < -0.39 is 0 Å². The highest BCUT2D eigenvalue weighted by Crippen LogP contribution is 2.28. The standard InChI is InChI=1S/C30H41N3O3S2.ClH/c1-35-19-18-33-22-38-21-28(33)29(34)32-27(17-14-23-8-4-2-5-9-23)30(37)31-20-24-12-15-26(16-13-24)36-25-10-6-3-7-11-25;/h3,6-7,10-13,15-16,23,27-28H,2,4-5,8-9,14,17-22H2,1H3,(H,31,37)(H,32,34);1H/t27-,28+;/m1./s1. The summed E-state index contributed by atoms with van der Waals surface area (Å²) in [5.41, 5.74) is 1.11. The maximum Gasteiger partial charge on any atom is 0.238 e. The predicted octanol–water partition coefficient (Wildman–Crippen LogP) is 6.18. The molecule has 6 nitrogen and oxygen atoms in total. The number of para-hydroxylation sites is 1. The van der Waals surface area contributed by atoms with Crippen LogP contribution in [0.1, 0.15) is 50.5 Å². The highest BCUT2D eigenvalue weighted by Gasteiger charge is 2.32. The summed E-state index contributed by atoms with van der Waals surface area (Å²) in [6, 6.07) is 17.5. The van der Waals surface area contributed by atoms with Crippen molar-refractivity contribution in [3.05, 3.63) is 60.2 Å². The minimum absolute atomic E-state index is 0. The van der Waals surface area contributed by atoms with Gasteiger partial charge in [-0.15, -0.1) is 24.2 Å². The van der Waals surface area contributed by atoms with Gasteiger partial charge in [0.05, 0.1) is 23.7 Å². The van der Waals surface area contributed by atoms with E-state index in [1.165, 1.54) is 32.1 Å². The molecule has 0 spiro atoms. The summed E-state index contributed by atoms with van der Waals surface area (Å²) in [7, 11) is 1.70. The van der Waals surface area contributed by atoms with Crippen molar-refractivity contribution in [2.75, 3.05) is 31.9 Å². The molecule has 2 fully saturated rings. The summed E-state index contributed by atoms with van der Waals surface area (Å²) >= 11 is 7.66. The fourth-order valence-corrected chi connectivity index (χ4v) is 6.66. The summed E-state index contributed by atoms with van der Waals surface area (Å²) in [5.74, 6) is 4.10. The predicted molar refractivity (Wildman–Crippen MR) is 167 cm³/mol. The first-order valence-corrected chi connectivity index (χ1v) is 15.4. The monoisotopic (exact) mass is 591 g/mol. The van der Waals surface area contributed by atoms with Crippen molar-refractivity contribution < 1.29 is 14.3 Å². The second-order valence-electron chi connectivity index (χ2n) is 10.2. The third-order valence-corrected chi connectivity index (χ3v) is 8.94. The molecular formula is C30H42ClN3O3S2. The van der Waals surface area contributed by atoms with E-state index in [9.17, 15) is 4.79 Å². The number of amides is 1. The van der Waals surface area contributed by atoms with Gasteiger partial charge in [-0.3, -0.25) is 9.69 Å². The first-order valence-electron chi connectivity index (χ1n) is 13.8. The van der Waals surface area contributed by atoms with E-state index in [0.29, 0.717) is 18.1 Å². The molecule has 1 amide bonds. The number of carbonyl (C=O) groups excluding carboxylic acids is 1. The zero-order valence-electron chi connectivity index (χ0n) is 22.8. The van der Waals surface area contributed by atoms with Crippen molar-refractivity contribution in [3.8, 4) is 11.5 Å². The topological polar surface area (TPSA) is 62.8 Å². The van der Waals surface area contributed by atoms with Crippen LogP contribution in [0, 0.1) is 5.92 Å². The third kappa shape index (κ3) is 10.3. The van der Waals surface area contributed by atoms with Crippen molar-refractivity contribution in [2.45, 2.75) is 63.6 Å². The number of thioether (sulfide) groups is 1. The Morgan fingerprint density at radius 2 is 1.79 bits per heavy atom. The van der Waals surface area contributed by atoms with Crippen LogP contribution < -0.4 is 15.4 Å². The molecule has 9 heteroatoms. The van der Waals surface area contributed by atoms with E-state index in [4.69, 9.17) is 21.7 Å². The van der Waals surface area contributed by atoms with Gasteiger partial charge in [0.2, 0.25) is 5.91 Å². The Labute approximate surface area is 249 Å². The smallest absolute Gasteiger partial charge is 0.238 e. The molecule has 214 valence electrons. The van der Waals surface area contributed by atoms with Gasteiger partial charge in [-0.25, -0.2) is 0 Å². The Kier molecular flexibility index (Phi) is 13.9. The van der Waals surface area contributed by atoms with Crippen LogP contribution in [-0.2, 0) is 16.1 Å². The fourth-order valence-electron chi connectivity index (χ4n) is 5.17. The second-order valence-corrected chi connectivity index (χ2v) is 11.7. The molecule has 39 heavy (non-hydrogen) atoms. The zero-order chi connectivity index (χ0) is 26.6. The van der Waals surface area contributed by atoms with Gasteiger partial charge in [-0.2, -0.15) is 0 Å². The molecule has 1 aliphatic heterocycles. The Bertz CT molecular complexity index is 1010. The molecule has 2 N–H and O–H groups in total. The molecule has 0 aromatic heterocycles. The highest BCUT2D eigenvalue weighted by atomic mass is 35.5. The van der Waals surface area contributed by atoms with E-state index >= 15 is 0 Å². The Morgan fingerprint density at radius 3 is 2.51 bits per heavy atom. The first kappa shape index (κ1) is 31.7. The number of ether oxygens (including phenoxy) is 2. The number of thiocarbonyl (C=S) groups is 1. The summed E-state index contributed by atoms with van der Waals surface area (Å²) < 4.78 is 11.2. The van der Waals surface area contributed by atoms with Gasteiger partial charge in [0.25, 0.3) is 0 Å². The van der Waals surface area contributed by atoms with Crippen LogP contribution in [0.25, 0.3) is 0 Å². The highest BCUT2D eigenvalue weighted by molar-refractivity contribution is 7.99. The molecule has 2 aromatic rings. The Balaban J connectivity index is 0.00000420. The van der Waals surface area contributed by atoms with Crippen molar-refractivity contribution >= 4 is 47.3 Å². The zero-order valence-corrected chi connectivity index (χ0v) is 25.3. The minimum atomic E-state index is -0.157. The van der Waals surface area contributed by atoms with Gasteiger partial charge in [0, 0.05) is 31.8 Å². The number of hydrogen-bond acceptors (Lipinski definition) is 6. The van der Waals surface area contributed by atoms with E-state index in [1.807, 2.05) is 54.6 Å². The van der Waals surface area contributed by atoms with Gasteiger partial charge in [-0.05, 0) is 48.6 Å². The summed E-state index contributed by atoms with van der Waals surface area (Å²) in [5, 5.41) is 6.75. The number of benzene rings is 2. The Hall–Kier alpha value is -1.84. The van der Waals surface area contributed by atoms with Crippen LogP contribution in [0.2, 0.25) is 0 Å². The number of halogens is 1. The molecular weight excluding hydrogens is 550 g/mol. The number of nitrogens with one attached hydrogen (secondary N) is 2. The molecule has 1 aliphatic carbocycles. The number of rotatable bonds is 13. The lowest BCUT2D eigenvalue weighted by Gasteiger charge is -2.28. The van der Waals surface area contributed by atoms with E-state index in [2.05, 4.69) is 15.5 Å². The van der Waals surface area contributed by atoms with Gasteiger partial charge in [0.15, 0.2) is 0 Å². The van der Waals surface area contributed by atoms with Gasteiger partial charge in [0.1, 0.15) is 11.5 Å². The maximum absolute atomic E-state index is 13.3. The van der Waals surface area contributed by atoms with Gasteiger partial charge in [-0.1, -0.05) is 74.7 Å². The summed E-state index contributed by atoms with van der Waals surface area (Å²) in [6.45, 7) is 2.01. The van der Waals surface area contributed by atoms with E-state index in [0.717, 1.165) is 54.0 Å². The normalized spacial score (nSPS) is 18.6. The second kappa shape index (κ2) is 17.1. The van der Waals surface area contributed by atoms with Crippen LogP contribution in [0.4, 0.5) is 0 Å². The number of nitrogens with zero attached hydrogens (tertiary/aromatic N) is 1. The lowest BCUT2D eigenvalue weighted by Crippen LogP contribution is -2.52. The minimum Gasteiger partial charge on any atom is -0.457 e. The van der Waals surface area contributed by atoms with Gasteiger partial charge >= 0.3 is 0 Å². The average molecular weight is 592 g/mol. The SMILES string of the molecule is COCCN1CSC[C@H]1C(=O)N[C@H](CCC1CCCCC1)C(=S)NCc1ccc(Oc2ccccc2)cc1.Cl. The summed E-state index contributed by atoms with van der Waals surface area (Å²) in [6.07, 6.45) is 8.56.